The Morgan fingerprint density at radius 2 is 1.88 bits per heavy atom. The predicted molar refractivity (Wildman–Crippen MR) is 101 cm³/mol. The third kappa shape index (κ3) is 6.31. The molecular formula is C19H22BrNO4. The van der Waals surface area contributed by atoms with E-state index >= 15 is 0 Å². The Bertz CT molecular complexity index is 706. The van der Waals surface area contributed by atoms with Crippen molar-refractivity contribution in [1.29, 1.82) is 0 Å². The van der Waals surface area contributed by atoms with Gasteiger partial charge in [0.05, 0.1) is 27.2 Å². The quantitative estimate of drug-likeness (QED) is 0.689. The van der Waals surface area contributed by atoms with Crippen LogP contribution in [-0.2, 0) is 11.2 Å². The van der Waals surface area contributed by atoms with E-state index in [0.29, 0.717) is 31.1 Å². The summed E-state index contributed by atoms with van der Waals surface area (Å²) in [5.74, 6) is 2.09. The van der Waals surface area contributed by atoms with Gasteiger partial charge < -0.3 is 19.5 Å². The van der Waals surface area contributed by atoms with Crippen LogP contribution in [0.4, 0.5) is 0 Å². The van der Waals surface area contributed by atoms with E-state index in [1.165, 1.54) is 0 Å². The van der Waals surface area contributed by atoms with Crippen LogP contribution >= 0.6 is 15.9 Å². The number of hydrogen-bond acceptors (Lipinski definition) is 4. The molecule has 2 rings (SSSR count). The summed E-state index contributed by atoms with van der Waals surface area (Å²) in [5, 5.41) is 2.89. The highest BCUT2D eigenvalue weighted by Gasteiger charge is 2.06. The Kier molecular flexibility index (Phi) is 7.60. The molecule has 25 heavy (non-hydrogen) atoms. The number of rotatable bonds is 9. The van der Waals surface area contributed by atoms with Gasteiger partial charge in [0, 0.05) is 11.0 Å². The summed E-state index contributed by atoms with van der Waals surface area (Å²) in [6.45, 7) is 0.907. The number of halogens is 1. The van der Waals surface area contributed by atoms with Crippen LogP contribution in [0, 0.1) is 0 Å². The lowest BCUT2D eigenvalue weighted by Crippen LogP contribution is -2.27. The largest absolute Gasteiger partial charge is 0.493 e. The summed E-state index contributed by atoms with van der Waals surface area (Å²) >= 11 is 3.38. The molecule has 0 aromatic heterocycles. The van der Waals surface area contributed by atoms with Crippen LogP contribution in [-0.4, -0.2) is 33.3 Å². The third-order valence-corrected chi connectivity index (χ3v) is 4.07. The summed E-state index contributed by atoms with van der Waals surface area (Å²) in [7, 11) is 3.21. The minimum absolute atomic E-state index is 0.0320. The van der Waals surface area contributed by atoms with Crippen molar-refractivity contribution < 1.29 is 19.0 Å². The summed E-state index contributed by atoms with van der Waals surface area (Å²) < 4.78 is 17.0. The zero-order chi connectivity index (χ0) is 18.1. The van der Waals surface area contributed by atoms with Crippen LogP contribution in [0.15, 0.2) is 46.9 Å². The van der Waals surface area contributed by atoms with Crippen molar-refractivity contribution >= 4 is 21.8 Å². The maximum Gasteiger partial charge on any atom is 0.223 e. The fourth-order valence-electron chi connectivity index (χ4n) is 2.29. The van der Waals surface area contributed by atoms with E-state index in [9.17, 15) is 4.79 Å². The molecule has 0 bridgehead atoms. The van der Waals surface area contributed by atoms with Crippen molar-refractivity contribution in [3.63, 3.8) is 0 Å². The van der Waals surface area contributed by atoms with Gasteiger partial charge in [0.15, 0.2) is 11.5 Å². The Hall–Kier alpha value is -2.21. The highest BCUT2D eigenvalue weighted by Crippen LogP contribution is 2.27. The fourth-order valence-corrected chi connectivity index (χ4v) is 2.67. The van der Waals surface area contributed by atoms with Crippen LogP contribution in [0.25, 0.3) is 0 Å². The average Bonchev–Trinajstić information content (AvgIpc) is 2.61. The molecule has 0 spiro atoms. The molecule has 2 aromatic carbocycles. The van der Waals surface area contributed by atoms with Gasteiger partial charge in [-0.1, -0.05) is 28.1 Å². The molecule has 2 aromatic rings. The summed E-state index contributed by atoms with van der Waals surface area (Å²) in [4.78, 5) is 11.9. The Morgan fingerprint density at radius 1 is 1.08 bits per heavy atom. The lowest BCUT2D eigenvalue weighted by atomic mass is 10.1. The Morgan fingerprint density at radius 3 is 2.60 bits per heavy atom. The second-order valence-electron chi connectivity index (χ2n) is 5.35. The van der Waals surface area contributed by atoms with E-state index in [1.54, 1.807) is 14.2 Å². The van der Waals surface area contributed by atoms with E-state index in [2.05, 4.69) is 21.2 Å². The van der Waals surface area contributed by atoms with Gasteiger partial charge in [0.1, 0.15) is 5.75 Å². The number of hydrogen-bond donors (Lipinski definition) is 1. The van der Waals surface area contributed by atoms with Crippen molar-refractivity contribution in [1.82, 2.24) is 5.32 Å². The van der Waals surface area contributed by atoms with E-state index < -0.39 is 0 Å². The minimum atomic E-state index is -0.0320. The zero-order valence-corrected chi connectivity index (χ0v) is 16.0. The van der Waals surface area contributed by atoms with Gasteiger partial charge in [-0.2, -0.15) is 0 Å². The predicted octanol–water partition coefficient (Wildman–Crippen LogP) is 3.59. The first-order valence-electron chi connectivity index (χ1n) is 7.98. The van der Waals surface area contributed by atoms with Gasteiger partial charge >= 0.3 is 0 Å². The van der Waals surface area contributed by atoms with Crippen molar-refractivity contribution in [2.75, 3.05) is 27.4 Å². The number of methoxy groups -OCH3 is 2. The van der Waals surface area contributed by atoms with Crippen molar-refractivity contribution in [3.05, 3.63) is 52.5 Å². The number of carbonyl (C=O) groups is 1. The molecule has 0 saturated heterocycles. The van der Waals surface area contributed by atoms with E-state index in [4.69, 9.17) is 14.2 Å². The van der Waals surface area contributed by atoms with E-state index in [-0.39, 0.29) is 5.91 Å². The normalized spacial score (nSPS) is 10.2. The van der Waals surface area contributed by atoms with Crippen LogP contribution in [0.3, 0.4) is 0 Å². The molecule has 0 heterocycles. The molecule has 0 radical (unpaired) electrons. The molecule has 0 aliphatic carbocycles. The second-order valence-corrected chi connectivity index (χ2v) is 6.26. The molecule has 0 aliphatic heterocycles. The van der Waals surface area contributed by atoms with Gasteiger partial charge in [-0.25, -0.2) is 0 Å². The molecule has 1 amide bonds. The molecule has 0 aliphatic rings. The Balaban J connectivity index is 1.70. The molecule has 0 unspecified atom stereocenters. The van der Waals surface area contributed by atoms with Gasteiger partial charge in [0.2, 0.25) is 5.91 Å². The molecule has 5 nitrogen and oxygen atoms in total. The standard InChI is InChI=1S/C19H22BrNO4/c1-23-17-7-6-14(12-18(17)24-2)8-10-21-19(22)9-11-25-16-5-3-4-15(20)13-16/h3-7,12-13H,8-11H2,1-2H3,(H,21,22). The molecule has 134 valence electrons. The first kappa shape index (κ1) is 19.1. The fraction of sp³-hybridized carbons (Fsp3) is 0.316. The first-order chi connectivity index (χ1) is 12.1. The van der Waals surface area contributed by atoms with Gasteiger partial charge in [-0.05, 0) is 42.3 Å². The molecule has 0 fully saturated rings. The lowest BCUT2D eigenvalue weighted by Gasteiger charge is -2.10. The smallest absolute Gasteiger partial charge is 0.223 e. The number of ether oxygens (including phenoxy) is 3. The zero-order valence-electron chi connectivity index (χ0n) is 14.4. The second kappa shape index (κ2) is 9.93. The summed E-state index contributed by atoms with van der Waals surface area (Å²) in [5.41, 5.74) is 1.07. The SMILES string of the molecule is COc1ccc(CCNC(=O)CCOc2cccc(Br)c2)cc1OC. The van der Waals surface area contributed by atoms with Crippen molar-refractivity contribution in [2.24, 2.45) is 0 Å². The third-order valence-electron chi connectivity index (χ3n) is 3.58. The molecule has 0 atom stereocenters. The maximum atomic E-state index is 11.9. The van der Waals surface area contributed by atoms with E-state index in [1.807, 2.05) is 42.5 Å². The number of nitrogens with one attached hydrogen (secondary N) is 1. The number of benzene rings is 2. The van der Waals surface area contributed by atoms with Gasteiger partial charge in [-0.3, -0.25) is 4.79 Å². The van der Waals surface area contributed by atoms with E-state index in [0.717, 1.165) is 22.2 Å². The van der Waals surface area contributed by atoms with Crippen molar-refractivity contribution in [2.45, 2.75) is 12.8 Å². The summed E-state index contributed by atoms with van der Waals surface area (Å²) in [6.07, 6.45) is 1.04. The Labute approximate surface area is 156 Å². The van der Waals surface area contributed by atoms with Crippen LogP contribution in [0.1, 0.15) is 12.0 Å². The van der Waals surface area contributed by atoms with Crippen LogP contribution in [0.2, 0.25) is 0 Å². The monoisotopic (exact) mass is 407 g/mol. The molecule has 1 N–H and O–H groups in total. The number of carbonyl (C=O) groups excluding carboxylic acids is 1. The topological polar surface area (TPSA) is 56.8 Å². The highest BCUT2D eigenvalue weighted by atomic mass is 79.9. The maximum absolute atomic E-state index is 11.9. The van der Waals surface area contributed by atoms with Crippen LogP contribution < -0.4 is 19.5 Å². The molecule has 6 heteroatoms. The minimum Gasteiger partial charge on any atom is -0.493 e. The van der Waals surface area contributed by atoms with Crippen molar-refractivity contribution in [3.8, 4) is 17.2 Å². The van der Waals surface area contributed by atoms with Gasteiger partial charge in [0.25, 0.3) is 0 Å². The van der Waals surface area contributed by atoms with Crippen LogP contribution in [0.5, 0.6) is 17.2 Å². The number of amides is 1. The highest BCUT2D eigenvalue weighted by molar-refractivity contribution is 9.10. The first-order valence-corrected chi connectivity index (χ1v) is 8.77. The lowest BCUT2D eigenvalue weighted by molar-refractivity contribution is -0.121. The molecular weight excluding hydrogens is 386 g/mol. The van der Waals surface area contributed by atoms with Gasteiger partial charge in [-0.15, -0.1) is 0 Å². The average molecular weight is 408 g/mol. The summed E-state index contributed by atoms with van der Waals surface area (Å²) in [6, 6.07) is 13.3. The molecule has 0 saturated carbocycles.